The summed E-state index contributed by atoms with van der Waals surface area (Å²) in [6.45, 7) is 3.94. The van der Waals surface area contributed by atoms with Crippen molar-refractivity contribution in [2.24, 2.45) is 0 Å². The average Bonchev–Trinajstić information content (AvgIpc) is 2.46. The molecule has 1 aromatic heterocycles. The summed E-state index contributed by atoms with van der Waals surface area (Å²) in [4.78, 5) is 19.9. The van der Waals surface area contributed by atoms with Gasteiger partial charge in [-0.05, 0) is 25.0 Å². The molecule has 1 heterocycles. The average molecular weight is 271 g/mol. The Morgan fingerprint density at radius 1 is 1.25 bits per heavy atom. The van der Waals surface area contributed by atoms with Gasteiger partial charge in [0.05, 0.1) is 18.0 Å². The van der Waals surface area contributed by atoms with E-state index in [0.717, 1.165) is 16.8 Å². The van der Waals surface area contributed by atoms with E-state index in [-0.39, 0.29) is 5.91 Å². The molecule has 0 saturated heterocycles. The molecule has 20 heavy (non-hydrogen) atoms. The third-order valence-corrected chi connectivity index (χ3v) is 2.93. The Bertz CT molecular complexity index is 577. The minimum absolute atomic E-state index is 0.253. The summed E-state index contributed by atoms with van der Waals surface area (Å²) in [5.41, 5.74) is 2.89. The van der Waals surface area contributed by atoms with E-state index in [1.165, 1.54) is 6.20 Å². The van der Waals surface area contributed by atoms with Crippen LogP contribution >= 0.6 is 0 Å². The minimum atomic E-state index is -0.485. The summed E-state index contributed by atoms with van der Waals surface area (Å²) in [7, 11) is 0. The number of aliphatic hydroxyl groups excluding tert-OH is 1. The van der Waals surface area contributed by atoms with Crippen LogP contribution in [0.25, 0.3) is 0 Å². The van der Waals surface area contributed by atoms with Crippen LogP contribution < -0.4 is 5.32 Å². The zero-order valence-corrected chi connectivity index (χ0v) is 11.5. The fourth-order valence-electron chi connectivity index (χ4n) is 1.70. The Morgan fingerprint density at radius 2 is 1.95 bits per heavy atom. The van der Waals surface area contributed by atoms with Crippen LogP contribution in [0.3, 0.4) is 0 Å². The Morgan fingerprint density at radius 3 is 2.50 bits per heavy atom. The molecule has 1 unspecified atom stereocenters. The molecule has 0 fully saturated rings. The topological polar surface area (TPSA) is 75.1 Å². The molecule has 1 amide bonds. The van der Waals surface area contributed by atoms with Gasteiger partial charge in [-0.15, -0.1) is 0 Å². The number of aryl methyl sites for hydroxylation is 1. The highest BCUT2D eigenvalue weighted by Crippen LogP contribution is 2.12. The molecule has 2 rings (SSSR count). The van der Waals surface area contributed by atoms with Gasteiger partial charge in [0.1, 0.15) is 5.69 Å². The highest BCUT2D eigenvalue weighted by Gasteiger charge is 2.07. The van der Waals surface area contributed by atoms with Gasteiger partial charge in [0.2, 0.25) is 0 Å². The van der Waals surface area contributed by atoms with E-state index in [1.54, 1.807) is 13.1 Å². The number of aliphatic hydroxyl groups is 1. The molecular formula is C15H17N3O2. The summed E-state index contributed by atoms with van der Waals surface area (Å²) >= 11 is 0. The molecule has 1 aromatic carbocycles. The van der Waals surface area contributed by atoms with E-state index in [0.29, 0.717) is 12.2 Å². The minimum Gasteiger partial charge on any atom is -0.389 e. The molecule has 1 atom stereocenters. The van der Waals surface area contributed by atoms with E-state index < -0.39 is 6.10 Å². The molecule has 104 valence electrons. The van der Waals surface area contributed by atoms with Crippen molar-refractivity contribution in [3.05, 3.63) is 59.2 Å². The van der Waals surface area contributed by atoms with Crippen molar-refractivity contribution in [1.29, 1.82) is 0 Å². The Kier molecular flexibility index (Phi) is 4.42. The first-order valence-electron chi connectivity index (χ1n) is 6.40. The second-order valence-corrected chi connectivity index (χ2v) is 4.64. The van der Waals surface area contributed by atoms with E-state index in [4.69, 9.17) is 0 Å². The van der Waals surface area contributed by atoms with Gasteiger partial charge in [0.25, 0.3) is 5.91 Å². The van der Waals surface area contributed by atoms with Gasteiger partial charge < -0.3 is 10.4 Å². The molecule has 0 aliphatic heterocycles. The Labute approximate surface area is 117 Å². The van der Waals surface area contributed by atoms with Crippen molar-refractivity contribution >= 4 is 5.91 Å². The number of amides is 1. The van der Waals surface area contributed by atoms with Gasteiger partial charge in [-0.1, -0.05) is 24.3 Å². The summed E-state index contributed by atoms with van der Waals surface area (Å²) < 4.78 is 0. The smallest absolute Gasteiger partial charge is 0.271 e. The monoisotopic (exact) mass is 271 g/mol. The van der Waals surface area contributed by atoms with E-state index in [9.17, 15) is 9.90 Å². The number of benzene rings is 1. The van der Waals surface area contributed by atoms with Gasteiger partial charge >= 0.3 is 0 Å². The predicted molar refractivity (Wildman–Crippen MR) is 75.0 cm³/mol. The maximum Gasteiger partial charge on any atom is 0.271 e. The number of rotatable bonds is 4. The predicted octanol–water partition coefficient (Wildman–Crippen LogP) is 1.77. The third kappa shape index (κ3) is 3.61. The Hall–Kier alpha value is -2.27. The largest absolute Gasteiger partial charge is 0.389 e. The number of nitrogens with zero attached hydrogens (tertiary/aromatic N) is 2. The molecular weight excluding hydrogens is 254 g/mol. The molecule has 0 saturated carbocycles. The van der Waals surface area contributed by atoms with Gasteiger partial charge in [0.15, 0.2) is 0 Å². The van der Waals surface area contributed by atoms with Crippen LogP contribution in [0.1, 0.15) is 40.3 Å². The second kappa shape index (κ2) is 6.25. The molecule has 5 nitrogen and oxygen atoms in total. The second-order valence-electron chi connectivity index (χ2n) is 4.64. The molecule has 0 bridgehead atoms. The molecule has 0 aliphatic rings. The first kappa shape index (κ1) is 14.1. The highest BCUT2D eigenvalue weighted by atomic mass is 16.3. The fraction of sp³-hybridized carbons (Fsp3) is 0.267. The number of hydrogen-bond acceptors (Lipinski definition) is 4. The van der Waals surface area contributed by atoms with Crippen molar-refractivity contribution in [2.75, 3.05) is 0 Å². The Balaban J connectivity index is 1.94. The number of carbonyl (C=O) groups is 1. The van der Waals surface area contributed by atoms with Crippen molar-refractivity contribution in [3.63, 3.8) is 0 Å². The lowest BCUT2D eigenvalue weighted by molar-refractivity contribution is 0.0945. The maximum atomic E-state index is 11.9. The van der Waals surface area contributed by atoms with Crippen LogP contribution in [0.15, 0.2) is 36.7 Å². The normalized spacial score (nSPS) is 11.9. The number of nitrogens with one attached hydrogen (secondary N) is 1. The zero-order chi connectivity index (χ0) is 14.5. The van der Waals surface area contributed by atoms with E-state index >= 15 is 0 Å². The third-order valence-electron chi connectivity index (χ3n) is 2.93. The maximum absolute atomic E-state index is 11.9. The quantitative estimate of drug-likeness (QED) is 0.888. The lowest BCUT2D eigenvalue weighted by Crippen LogP contribution is -2.24. The zero-order valence-electron chi connectivity index (χ0n) is 11.5. The first-order valence-corrected chi connectivity index (χ1v) is 6.40. The van der Waals surface area contributed by atoms with Crippen LogP contribution in [-0.2, 0) is 6.54 Å². The molecule has 2 N–H and O–H groups in total. The van der Waals surface area contributed by atoms with Crippen LogP contribution in [-0.4, -0.2) is 21.0 Å². The van der Waals surface area contributed by atoms with Crippen LogP contribution in [0.5, 0.6) is 0 Å². The van der Waals surface area contributed by atoms with Crippen LogP contribution in [0.2, 0.25) is 0 Å². The molecule has 0 spiro atoms. The number of aromatic nitrogens is 2. The summed E-state index contributed by atoms with van der Waals surface area (Å²) in [6.07, 6.45) is 2.54. The van der Waals surface area contributed by atoms with E-state index in [2.05, 4.69) is 15.3 Å². The van der Waals surface area contributed by atoms with Gasteiger partial charge in [-0.25, -0.2) is 4.98 Å². The number of hydrogen-bond donors (Lipinski definition) is 2. The van der Waals surface area contributed by atoms with Crippen LogP contribution in [0.4, 0.5) is 0 Å². The van der Waals surface area contributed by atoms with Crippen molar-refractivity contribution in [2.45, 2.75) is 26.5 Å². The van der Waals surface area contributed by atoms with Crippen LogP contribution in [0, 0.1) is 6.92 Å². The van der Waals surface area contributed by atoms with Gasteiger partial charge in [0, 0.05) is 12.7 Å². The number of carbonyl (C=O) groups excluding carboxylic acids is 1. The standard InChI is InChI=1S/C15H17N3O2/c1-10-7-17-14(9-16-10)15(20)18-8-12-3-5-13(6-4-12)11(2)19/h3-7,9,11,19H,8H2,1-2H3,(H,18,20). The molecule has 5 heteroatoms. The van der Waals surface area contributed by atoms with Crippen molar-refractivity contribution in [3.8, 4) is 0 Å². The summed E-state index contributed by atoms with van der Waals surface area (Å²) in [5.74, 6) is -0.253. The van der Waals surface area contributed by atoms with Crippen molar-refractivity contribution < 1.29 is 9.90 Å². The molecule has 0 aliphatic carbocycles. The first-order chi connectivity index (χ1) is 9.56. The molecule has 2 aromatic rings. The lowest BCUT2D eigenvalue weighted by Gasteiger charge is -2.07. The lowest BCUT2D eigenvalue weighted by atomic mass is 10.1. The fourth-order valence-corrected chi connectivity index (χ4v) is 1.70. The molecule has 0 radical (unpaired) electrons. The van der Waals surface area contributed by atoms with Crippen molar-refractivity contribution in [1.82, 2.24) is 15.3 Å². The van der Waals surface area contributed by atoms with Gasteiger partial charge in [-0.2, -0.15) is 0 Å². The van der Waals surface area contributed by atoms with Gasteiger partial charge in [-0.3, -0.25) is 9.78 Å². The summed E-state index contributed by atoms with van der Waals surface area (Å²) in [6, 6.07) is 7.45. The van der Waals surface area contributed by atoms with E-state index in [1.807, 2.05) is 31.2 Å². The summed E-state index contributed by atoms with van der Waals surface area (Å²) in [5, 5.41) is 12.2. The SMILES string of the molecule is Cc1cnc(C(=O)NCc2ccc(C(C)O)cc2)cn1. The highest BCUT2D eigenvalue weighted by molar-refractivity contribution is 5.91.